The molecule has 1 aromatic carbocycles. The zero-order valence-corrected chi connectivity index (χ0v) is 12.5. The van der Waals surface area contributed by atoms with Crippen LogP contribution in [0, 0.1) is 13.8 Å². The molecule has 112 valence electrons. The molecule has 0 spiro atoms. The summed E-state index contributed by atoms with van der Waals surface area (Å²) in [6, 6.07) is 7.75. The summed E-state index contributed by atoms with van der Waals surface area (Å²) in [6.07, 6.45) is 0.0587. The molecule has 0 bridgehead atoms. The van der Waals surface area contributed by atoms with E-state index in [1.54, 1.807) is 0 Å². The average molecular weight is 288 g/mol. The highest BCUT2D eigenvalue weighted by atomic mass is 16.5. The van der Waals surface area contributed by atoms with Crippen molar-refractivity contribution in [2.75, 3.05) is 0 Å². The number of nitrogens with one attached hydrogen (secondary N) is 1. The number of hydrogen-bond acceptors (Lipinski definition) is 4. The summed E-state index contributed by atoms with van der Waals surface area (Å²) >= 11 is 0. The number of carbonyl (C=O) groups is 1. The molecule has 0 radical (unpaired) electrons. The molecule has 5 nitrogen and oxygen atoms in total. The molecule has 0 aliphatic carbocycles. The van der Waals surface area contributed by atoms with Gasteiger partial charge in [0.2, 0.25) is 0 Å². The first-order valence-corrected chi connectivity index (χ1v) is 6.93. The molecule has 5 heteroatoms. The molecule has 0 aliphatic heterocycles. The first-order valence-electron chi connectivity index (χ1n) is 6.93. The lowest BCUT2D eigenvalue weighted by atomic mass is 10.1. The van der Waals surface area contributed by atoms with Crippen molar-refractivity contribution in [2.45, 2.75) is 39.8 Å². The molecule has 0 amide bonds. The molecule has 0 fully saturated rings. The summed E-state index contributed by atoms with van der Waals surface area (Å²) in [6.45, 7) is 6.63. The minimum Gasteiger partial charge on any atom is -0.481 e. The van der Waals surface area contributed by atoms with Gasteiger partial charge in [0.25, 0.3) is 0 Å². The van der Waals surface area contributed by atoms with Crippen LogP contribution in [0.4, 0.5) is 0 Å². The molecule has 2 aromatic rings. The number of carboxylic acids is 1. The van der Waals surface area contributed by atoms with Crippen molar-refractivity contribution in [3.63, 3.8) is 0 Å². The summed E-state index contributed by atoms with van der Waals surface area (Å²) < 4.78 is 5.18. The summed E-state index contributed by atoms with van der Waals surface area (Å²) in [7, 11) is 0. The number of nitrogens with zero attached hydrogens (tertiary/aromatic N) is 1. The van der Waals surface area contributed by atoms with Crippen LogP contribution in [0.25, 0.3) is 0 Å². The van der Waals surface area contributed by atoms with Crippen molar-refractivity contribution in [3.8, 4) is 0 Å². The number of hydrogen-bond donors (Lipinski definition) is 2. The van der Waals surface area contributed by atoms with E-state index in [9.17, 15) is 4.79 Å². The van der Waals surface area contributed by atoms with E-state index in [0.29, 0.717) is 6.54 Å². The van der Waals surface area contributed by atoms with E-state index in [1.807, 2.05) is 38.1 Å². The van der Waals surface area contributed by atoms with Gasteiger partial charge in [-0.25, -0.2) is 0 Å². The van der Waals surface area contributed by atoms with Gasteiger partial charge in [-0.15, -0.1) is 0 Å². The zero-order valence-electron chi connectivity index (χ0n) is 12.5. The van der Waals surface area contributed by atoms with Crippen LogP contribution in [0.3, 0.4) is 0 Å². The van der Waals surface area contributed by atoms with Crippen molar-refractivity contribution in [3.05, 3.63) is 52.4 Å². The average Bonchev–Trinajstić information content (AvgIpc) is 2.76. The summed E-state index contributed by atoms with van der Waals surface area (Å²) in [5.41, 5.74) is 3.93. The van der Waals surface area contributed by atoms with E-state index in [2.05, 4.69) is 17.4 Å². The van der Waals surface area contributed by atoms with Crippen LogP contribution in [0.2, 0.25) is 0 Å². The van der Waals surface area contributed by atoms with Gasteiger partial charge in [0.15, 0.2) is 0 Å². The van der Waals surface area contributed by atoms with Gasteiger partial charge in [0, 0.05) is 18.2 Å². The Hall–Kier alpha value is -2.14. The van der Waals surface area contributed by atoms with Crippen molar-refractivity contribution in [1.29, 1.82) is 0 Å². The monoisotopic (exact) mass is 288 g/mol. The number of aliphatic carboxylic acids is 1. The molecular formula is C16H20N2O3. The van der Waals surface area contributed by atoms with E-state index in [0.717, 1.165) is 28.1 Å². The lowest BCUT2D eigenvalue weighted by Crippen LogP contribution is -2.19. The Morgan fingerprint density at radius 1 is 1.29 bits per heavy atom. The van der Waals surface area contributed by atoms with Crippen molar-refractivity contribution >= 4 is 5.97 Å². The Morgan fingerprint density at radius 3 is 2.43 bits per heavy atom. The van der Waals surface area contributed by atoms with E-state index in [1.165, 1.54) is 0 Å². The molecule has 0 aliphatic rings. The Bertz CT molecular complexity index is 597. The normalized spacial score (nSPS) is 12.3. The second-order valence-electron chi connectivity index (χ2n) is 5.23. The Labute approximate surface area is 124 Å². The maximum atomic E-state index is 10.6. The fourth-order valence-corrected chi connectivity index (χ4v) is 2.43. The third-order valence-electron chi connectivity index (χ3n) is 3.51. The van der Waals surface area contributed by atoms with Crippen LogP contribution in [0.5, 0.6) is 0 Å². The minimum absolute atomic E-state index is 0.0587. The first-order chi connectivity index (χ1) is 9.97. The van der Waals surface area contributed by atoms with Gasteiger partial charge < -0.3 is 14.9 Å². The van der Waals surface area contributed by atoms with Crippen LogP contribution >= 0.6 is 0 Å². The maximum absolute atomic E-state index is 10.6. The molecule has 21 heavy (non-hydrogen) atoms. The predicted molar refractivity (Wildman–Crippen MR) is 79.0 cm³/mol. The van der Waals surface area contributed by atoms with Gasteiger partial charge in [-0.2, -0.15) is 0 Å². The fourth-order valence-electron chi connectivity index (χ4n) is 2.43. The van der Waals surface area contributed by atoms with Crippen molar-refractivity contribution in [1.82, 2.24) is 10.5 Å². The number of rotatable bonds is 6. The van der Waals surface area contributed by atoms with E-state index < -0.39 is 5.97 Å². The lowest BCUT2D eigenvalue weighted by Gasteiger charge is -2.14. The van der Waals surface area contributed by atoms with E-state index in [-0.39, 0.29) is 12.5 Å². The van der Waals surface area contributed by atoms with Crippen LogP contribution in [0.15, 0.2) is 28.8 Å². The standard InChI is InChI=1S/C16H20N2O3/c1-10(16-11(2)18-21-12(16)3)17-9-14-6-4-13(5-7-14)8-15(19)20/h4-7,10,17H,8-9H2,1-3H3,(H,19,20). The van der Waals surface area contributed by atoms with Crippen LogP contribution in [-0.4, -0.2) is 16.2 Å². The summed E-state index contributed by atoms with van der Waals surface area (Å²) in [5.74, 6) is 0.0252. The maximum Gasteiger partial charge on any atom is 0.307 e. The molecule has 0 saturated carbocycles. The largest absolute Gasteiger partial charge is 0.481 e. The van der Waals surface area contributed by atoms with Gasteiger partial charge in [0.1, 0.15) is 5.76 Å². The molecule has 1 heterocycles. The van der Waals surface area contributed by atoms with Crippen molar-refractivity contribution < 1.29 is 14.4 Å². The molecule has 1 atom stereocenters. The Balaban J connectivity index is 1.95. The predicted octanol–water partition coefficient (Wildman–Crippen LogP) is 2.77. The smallest absolute Gasteiger partial charge is 0.307 e. The molecule has 1 aromatic heterocycles. The number of benzene rings is 1. The second kappa shape index (κ2) is 6.54. The highest BCUT2D eigenvalue weighted by Gasteiger charge is 2.15. The summed E-state index contributed by atoms with van der Waals surface area (Å²) in [5, 5.41) is 16.1. The third kappa shape index (κ3) is 3.92. The zero-order chi connectivity index (χ0) is 15.4. The number of carboxylic acid groups (broad SMARTS) is 1. The van der Waals surface area contributed by atoms with Gasteiger partial charge in [-0.05, 0) is 31.9 Å². The fraction of sp³-hybridized carbons (Fsp3) is 0.375. The van der Waals surface area contributed by atoms with Crippen molar-refractivity contribution in [2.24, 2.45) is 0 Å². The molecule has 0 saturated heterocycles. The van der Waals surface area contributed by atoms with Crippen LogP contribution < -0.4 is 5.32 Å². The van der Waals surface area contributed by atoms with Crippen LogP contribution in [0.1, 0.15) is 41.1 Å². The molecule has 1 unspecified atom stereocenters. The van der Waals surface area contributed by atoms with Gasteiger partial charge in [0.05, 0.1) is 12.1 Å². The first kappa shape index (κ1) is 15.3. The van der Waals surface area contributed by atoms with Crippen LogP contribution in [-0.2, 0) is 17.8 Å². The SMILES string of the molecule is Cc1noc(C)c1C(C)NCc1ccc(CC(=O)O)cc1. The molecule has 2 rings (SSSR count). The van der Waals surface area contributed by atoms with E-state index >= 15 is 0 Å². The van der Waals surface area contributed by atoms with Gasteiger partial charge in [-0.1, -0.05) is 29.4 Å². The number of aromatic nitrogens is 1. The Morgan fingerprint density at radius 2 is 1.90 bits per heavy atom. The highest BCUT2D eigenvalue weighted by molar-refractivity contribution is 5.70. The second-order valence-corrected chi connectivity index (χ2v) is 5.23. The quantitative estimate of drug-likeness (QED) is 0.855. The summed E-state index contributed by atoms with van der Waals surface area (Å²) in [4.78, 5) is 10.6. The lowest BCUT2D eigenvalue weighted by molar-refractivity contribution is -0.136. The topological polar surface area (TPSA) is 75.4 Å². The third-order valence-corrected chi connectivity index (χ3v) is 3.51. The van der Waals surface area contributed by atoms with E-state index in [4.69, 9.17) is 9.63 Å². The minimum atomic E-state index is -0.812. The molecular weight excluding hydrogens is 268 g/mol. The highest BCUT2D eigenvalue weighted by Crippen LogP contribution is 2.21. The number of aryl methyl sites for hydroxylation is 2. The Kier molecular flexibility index (Phi) is 4.75. The van der Waals surface area contributed by atoms with Gasteiger partial charge in [-0.3, -0.25) is 4.79 Å². The molecule has 2 N–H and O–H groups in total. The van der Waals surface area contributed by atoms with Gasteiger partial charge >= 0.3 is 5.97 Å².